The number of halogens is 1. The molecule has 0 amide bonds. The topological polar surface area (TPSA) is 30.5 Å². The first kappa shape index (κ1) is 13.3. The van der Waals surface area contributed by atoms with Crippen LogP contribution in [-0.4, -0.2) is 18.4 Å². The Morgan fingerprint density at radius 3 is 2.68 bits per heavy atom. The van der Waals surface area contributed by atoms with Crippen molar-refractivity contribution in [2.24, 2.45) is 0 Å². The SMILES string of the molecule is CC1(C)Oc2cc(Br)c(CC3CCCCN3)cc2O1. The van der Waals surface area contributed by atoms with Crippen molar-refractivity contribution in [1.29, 1.82) is 0 Å². The molecule has 1 atom stereocenters. The number of ether oxygens (including phenoxy) is 2. The highest BCUT2D eigenvalue weighted by molar-refractivity contribution is 9.10. The van der Waals surface area contributed by atoms with Crippen molar-refractivity contribution in [3.63, 3.8) is 0 Å². The van der Waals surface area contributed by atoms with E-state index in [0.29, 0.717) is 6.04 Å². The molecule has 1 fully saturated rings. The van der Waals surface area contributed by atoms with Crippen LogP contribution in [0, 0.1) is 0 Å². The second-order valence-electron chi connectivity index (χ2n) is 5.85. The number of hydrogen-bond acceptors (Lipinski definition) is 3. The van der Waals surface area contributed by atoms with Crippen LogP contribution in [0.15, 0.2) is 16.6 Å². The van der Waals surface area contributed by atoms with Crippen molar-refractivity contribution in [1.82, 2.24) is 5.32 Å². The van der Waals surface area contributed by atoms with Crippen LogP contribution in [0.3, 0.4) is 0 Å². The van der Waals surface area contributed by atoms with Crippen molar-refractivity contribution in [3.05, 3.63) is 22.2 Å². The molecule has 4 heteroatoms. The lowest BCUT2D eigenvalue weighted by molar-refractivity contribution is -0.0431. The first-order valence-corrected chi connectivity index (χ1v) is 7.77. The monoisotopic (exact) mass is 325 g/mol. The van der Waals surface area contributed by atoms with E-state index in [0.717, 1.165) is 28.9 Å². The lowest BCUT2D eigenvalue weighted by Gasteiger charge is -2.24. The zero-order valence-electron chi connectivity index (χ0n) is 11.5. The van der Waals surface area contributed by atoms with E-state index in [9.17, 15) is 0 Å². The van der Waals surface area contributed by atoms with Gasteiger partial charge in [-0.2, -0.15) is 0 Å². The predicted octanol–water partition coefficient (Wildman–Crippen LogP) is 3.64. The lowest BCUT2D eigenvalue weighted by Crippen LogP contribution is -2.35. The Labute approximate surface area is 122 Å². The third kappa shape index (κ3) is 2.90. The van der Waals surface area contributed by atoms with Crippen LogP contribution in [0.4, 0.5) is 0 Å². The number of benzene rings is 1. The molecule has 0 aliphatic carbocycles. The average Bonchev–Trinajstić information content (AvgIpc) is 2.64. The first-order valence-electron chi connectivity index (χ1n) is 6.97. The Morgan fingerprint density at radius 1 is 1.26 bits per heavy atom. The van der Waals surface area contributed by atoms with Crippen LogP contribution < -0.4 is 14.8 Å². The average molecular weight is 326 g/mol. The van der Waals surface area contributed by atoms with Crippen LogP contribution >= 0.6 is 15.9 Å². The second kappa shape index (κ2) is 4.98. The van der Waals surface area contributed by atoms with Gasteiger partial charge in [0.2, 0.25) is 5.79 Å². The smallest absolute Gasteiger partial charge is 0.246 e. The molecular formula is C15H20BrNO2. The van der Waals surface area contributed by atoms with E-state index in [1.54, 1.807) is 0 Å². The highest BCUT2D eigenvalue weighted by atomic mass is 79.9. The Morgan fingerprint density at radius 2 is 2.00 bits per heavy atom. The van der Waals surface area contributed by atoms with Crippen LogP contribution in [-0.2, 0) is 6.42 Å². The van der Waals surface area contributed by atoms with Gasteiger partial charge in [0, 0.05) is 24.4 Å². The van der Waals surface area contributed by atoms with Gasteiger partial charge in [-0.05, 0) is 43.5 Å². The van der Waals surface area contributed by atoms with Gasteiger partial charge < -0.3 is 14.8 Å². The fourth-order valence-corrected chi connectivity index (χ4v) is 3.29. The molecule has 0 bridgehead atoms. The molecule has 0 radical (unpaired) electrons. The molecule has 1 saturated heterocycles. The predicted molar refractivity (Wildman–Crippen MR) is 78.8 cm³/mol. The summed E-state index contributed by atoms with van der Waals surface area (Å²) in [5.41, 5.74) is 1.29. The summed E-state index contributed by atoms with van der Waals surface area (Å²) < 4.78 is 12.7. The molecule has 1 unspecified atom stereocenters. The molecule has 0 saturated carbocycles. The van der Waals surface area contributed by atoms with Crippen LogP contribution in [0.1, 0.15) is 38.7 Å². The fourth-order valence-electron chi connectivity index (χ4n) is 2.81. The maximum Gasteiger partial charge on any atom is 0.246 e. The van der Waals surface area contributed by atoms with Gasteiger partial charge in [-0.25, -0.2) is 0 Å². The summed E-state index contributed by atoms with van der Waals surface area (Å²) in [4.78, 5) is 0. The van der Waals surface area contributed by atoms with Gasteiger partial charge in [0.05, 0.1) is 0 Å². The quantitative estimate of drug-likeness (QED) is 0.900. The van der Waals surface area contributed by atoms with E-state index in [-0.39, 0.29) is 0 Å². The van der Waals surface area contributed by atoms with Crippen molar-refractivity contribution in [2.75, 3.05) is 6.54 Å². The van der Waals surface area contributed by atoms with Gasteiger partial charge >= 0.3 is 0 Å². The molecule has 0 spiro atoms. The molecule has 0 aromatic heterocycles. The maximum absolute atomic E-state index is 5.82. The Balaban J connectivity index is 1.79. The molecule has 19 heavy (non-hydrogen) atoms. The minimum Gasteiger partial charge on any atom is -0.449 e. The van der Waals surface area contributed by atoms with E-state index in [1.807, 2.05) is 19.9 Å². The van der Waals surface area contributed by atoms with Crippen LogP contribution in [0.25, 0.3) is 0 Å². The molecule has 2 aliphatic heterocycles. The third-order valence-electron chi connectivity index (χ3n) is 3.70. The minimum absolute atomic E-state index is 0.552. The zero-order valence-corrected chi connectivity index (χ0v) is 13.0. The van der Waals surface area contributed by atoms with E-state index in [1.165, 1.54) is 24.8 Å². The van der Waals surface area contributed by atoms with Crippen molar-refractivity contribution in [2.45, 2.75) is 51.4 Å². The molecular weight excluding hydrogens is 306 g/mol. The molecule has 1 aromatic rings. The van der Waals surface area contributed by atoms with Gasteiger partial charge in [0.25, 0.3) is 0 Å². The van der Waals surface area contributed by atoms with Gasteiger partial charge in [0.1, 0.15) is 0 Å². The van der Waals surface area contributed by atoms with Crippen LogP contribution in [0.5, 0.6) is 11.5 Å². The minimum atomic E-state index is -0.552. The van der Waals surface area contributed by atoms with Gasteiger partial charge in [-0.1, -0.05) is 22.4 Å². The van der Waals surface area contributed by atoms with Gasteiger partial charge in [0.15, 0.2) is 11.5 Å². The molecule has 1 N–H and O–H groups in total. The molecule has 2 aliphatic rings. The molecule has 104 valence electrons. The summed E-state index contributed by atoms with van der Waals surface area (Å²) in [6.07, 6.45) is 4.92. The van der Waals surface area contributed by atoms with E-state index in [2.05, 4.69) is 27.3 Å². The summed E-state index contributed by atoms with van der Waals surface area (Å²) >= 11 is 3.65. The van der Waals surface area contributed by atoms with E-state index in [4.69, 9.17) is 9.47 Å². The normalized spacial score (nSPS) is 24.5. The highest BCUT2D eigenvalue weighted by Gasteiger charge is 2.32. The maximum atomic E-state index is 5.82. The number of fused-ring (bicyclic) bond motifs is 1. The van der Waals surface area contributed by atoms with Crippen molar-refractivity contribution in [3.8, 4) is 11.5 Å². The molecule has 3 rings (SSSR count). The molecule has 2 heterocycles. The van der Waals surface area contributed by atoms with Gasteiger partial charge in [-0.3, -0.25) is 0 Å². The largest absolute Gasteiger partial charge is 0.449 e. The summed E-state index contributed by atoms with van der Waals surface area (Å²) in [7, 11) is 0. The zero-order chi connectivity index (χ0) is 13.5. The summed E-state index contributed by atoms with van der Waals surface area (Å²) in [5, 5.41) is 3.59. The van der Waals surface area contributed by atoms with Crippen molar-refractivity contribution >= 4 is 15.9 Å². The third-order valence-corrected chi connectivity index (χ3v) is 4.44. The first-order chi connectivity index (χ1) is 9.03. The Hall–Kier alpha value is -0.740. The van der Waals surface area contributed by atoms with E-state index >= 15 is 0 Å². The summed E-state index contributed by atoms with van der Waals surface area (Å²) in [6, 6.07) is 4.73. The summed E-state index contributed by atoms with van der Waals surface area (Å²) in [6.45, 7) is 5.01. The standard InChI is InChI=1S/C15H20BrNO2/c1-15(2)18-13-8-10(12(16)9-14(13)19-15)7-11-5-3-4-6-17-11/h8-9,11,17H,3-7H2,1-2H3. The Kier molecular flexibility index (Phi) is 3.48. The summed E-state index contributed by atoms with van der Waals surface area (Å²) in [5.74, 6) is 1.14. The van der Waals surface area contributed by atoms with E-state index < -0.39 is 5.79 Å². The number of nitrogens with one attached hydrogen (secondary N) is 1. The highest BCUT2D eigenvalue weighted by Crippen LogP contribution is 2.42. The second-order valence-corrected chi connectivity index (χ2v) is 6.70. The van der Waals surface area contributed by atoms with Crippen molar-refractivity contribution < 1.29 is 9.47 Å². The number of piperidine rings is 1. The molecule has 1 aromatic carbocycles. The Bertz CT molecular complexity index is 481. The van der Waals surface area contributed by atoms with Crippen LogP contribution in [0.2, 0.25) is 0 Å². The lowest BCUT2D eigenvalue weighted by atomic mass is 9.97. The number of rotatable bonds is 2. The molecule has 3 nitrogen and oxygen atoms in total. The van der Waals surface area contributed by atoms with Gasteiger partial charge in [-0.15, -0.1) is 0 Å². The fraction of sp³-hybridized carbons (Fsp3) is 0.600. The number of hydrogen-bond donors (Lipinski definition) is 1.